The molecule has 98 valence electrons. The van der Waals surface area contributed by atoms with E-state index in [4.69, 9.17) is 4.74 Å². The molecular weight excluding hydrogens is 230 g/mol. The predicted molar refractivity (Wildman–Crippen MR) is 68.9 cm³/mol. The molecule has 0 aliphatic carbocycles. The van der Waals surface area contributed by atoms with Gasteiger partial charge in [-0.3, -0.25) is 4.68 Å². The second kappa shape index (κ2) is 6.10. The summed E-state index contributed by atoms with van der Waals surface area (Å²) in [5, 5.41) is 6.65. The summed E-state index contributed by atoms with van der Waals surface area (Å²) in [6.07, 6.45) is 3.71. The van der Waals surface area contributed by atoms with E-state index in [1.165, 1.54) is 0 Å². The van der Waals surface area contributed by atoms with Crippen LogP contribution in [0, 0.1) is 11.8 Å². The molecule has 0 aliphatic rings. The summed E-state index contributed by atoms with van der Waals surface area (Å²) in [4.78, 5) is 11.3. The van der Waals surface area contributed by atoms with Crippen molar-refractivity contribution in [2.45, 2.75) is 32.8 Å². The summed E-state index contributed by atoms with van der Waals surface area (Å²) in [5.74, 6) is 5.92. The number of nitrogens with one attached hydrogen (secondary N) is 1. The number of carbonyl (C=O) groups is 1. The van der Waals surface area contributed by atoms with E-state index in [0.717, 1.165) is 5.56 Å². The van der Waals surface area contributed by atoms with Gasteiger partial charge in [-0.15, -0.1) is 0 Å². The molecule has 1 N–H and O–H groups in total. The Morgan fingerprint density at radius 3 is 2.83 bits per heavy atom. The number of hydrogen-bond acceptors (Lipinski definition) is 3. The van der Waals surface area contributed by atoms with Gasteiger partial charge in [0.15, 0.2) is 0 Å². The lowest BCUT2D eigenvalue weighted by atomic mass is 10.2. The van der Waals surface area contributed by atoms with Crippen molar-refractivity contribution >= 4 is 6.09 Å². The van der Waals surface area contributed by atoms with Crippen molar-refractivity contribution in [1.29, 1.82) is 0 Å². The number of ether oxygens (including phenoxy) is 1. The minimum absolute atomic E-state index is 0.411. The van der Waals surface area contributed by atoms with Gasteiger partial charge in [0.25, 0.3) is 0 Å². The summed E-state index contributed by atoms with van der Waals surface area (Å²) in [5.41, 5.74) is 0.403. The monoisotopic (exact) mass is 249 g/mol. The van der Waals surface area contributed by atoms with Gasteiger partial charge in [-0.25, -0.2) is 4.79 Å². The Morgan fingerprint density at radius 1 is 1.56 bits per heavy atom. The highest BCUT2D eigenvalue weighted by Gasteiger charge is 2.15. The van der Waals surface area contributed by atoms with E-state index in [1.807, 2.05) is 34.0 Å². The molecule has 5 nitrogen and oxygen atoms in total. The Hall–Kier alpha value is -1.96. The average Bonchev–Trinajstić information content (AvgIpc) is 2.61. The number of hydrogen-bond donors (Lipinski definition) is 1. The Balaban J connectivity index is 2.23. The van der Waals surface area contributed by atoms with Crippen LogP contribution in [0.3, 0.4) is 0 Å². The molecule has 0 spiro atoms. The van der Waals surface area contributed by atoms with E-state index >= 15 is 0 Å². The Bertz CT molecular complexity index is 461. The molecule has 0 radical (unpaired) electrons. The van der Waals surface area contributed by atoms with Crippen LogP contribution >= 0.6 is 0 Å². The van der Waals surface area contributed by atoms with Crippen LogP contribution in [0.25, 0.3) is 0 Å². The first kappa shape index (κ1) is 14.1. The van der Waals surface area contributed by atoms with Crippen LogP contribution in [0.1, 0.15) is 32.8 Å². The zero-order valence-corrected chi connectivity index (χ0v) is 11.3. The Labute approximate surface area is 108 Å². The fourth-order valence-corrected chi connectivity index (χ4v) is 1.19. The fraction of sp³-hybridized carbons (Fsp3) is 0.538. The molecule has 18 heavy (non-hydrogen) atoms. The lowest BCUT2D eigenvalue weighted by Gasteiger charge is -2.19. The number of aryl methyl sites for hydroxylation is 1. The average molecular weight is 249 g/mol. The molecule has 0 fully saturated rings. The summed E-state index contributed by atoms with van der Waals surface area (Å²) >= 11 is 0. The third kappa shape index (κ3) is 5.94. The van der Waals surface area contributed by atoms with Gasteiger partial charge in [0.1, 0.15) is 5.60 Å². The maximum absolute atomic E-state index is 11.3. The highest BCUT2D eigenvalue weighted by Crippen LogP contribution is 2.06. The molecule has 0 unspecified atom stereocenters. The quantitative estimate of drug-likeness (QED) is 0.641. The van der Waals surface area contributed by atoms with Crippen molar-refractivity contribution in [2.75, 3.05) is 6.54 Å². The van der Waals surface area contributed by atoms with Crippen LogP contribution in [0.4, 0.5) is 4.79 Å². The number of carbonyl (C=O) groups excluding carboxylic acids is 1. The van der Waals surface area contributed by atoms with E-state index in [9.17, 15) is 4.79 Å². The zero-order chi connectivity index (χ0) is 13.6. The smallest absolute Gasteiger partial charge is 0.407 e. The van der Waals surface area contributed by atoms with Gasteiger partial charge in [0, 0.05) is 26.2 Å². The first-order valence-electron chi connectivity index (χ1n) is 5.81. The van der Waals surface area contributed by atoms with Crippen LogP contribution < -0.4 is 5.32 Å². The van der Waals surface area contributed by atoms with Gasteiger partial charge in [-0.2, -0.15) is 5.10 Å². The summed E-state index contributed by atoms with van der Waals surface area (Å²) in [7, 11) is 1.84. The molecule has 0 atom stereocenters. The Kier molecular flexibility index (Phi) is 4.78. The van der Waals surface area contributed by atoms with Crippen LogP contribution in [0.2, 0.25) is 0 Å². The molecule has 0 aromatic carbocycles. The number of rotatable bonds is 2. The van der Waals surface area contributed by atoms with Crippen LogP contribution in [-0.4, -0.2) is 28.0 Å². The molecule has 1 heterocycles. The molecule has 5 heteroatoms. The third-order valence-electron chi connectivity index (χ3n) is 1.86. The van der Waals surface area contributed by atoms with Crippen molar-refractivity contribution in [1.82, 2.24) is 15.1 Å². The first-order chi connectivity index (χ1) is 8.37. The second-order valence-corrected chi connectivity index (χ2v) is 4.88. The van der Waals surface area contributed by atoms with Gasteiger partial charge in [0.2, 0.25) is 0 Å². The maximum Gasteiger partial charge on any atom is 0.407 e. The Morgan fingerprint density at radius 2 is 2.28 bits per heavy atom. The van der Waals surface area contributed by atoms with Gasteiger partial charge >= 0.3 is 6.09 Å². The van der Waals surface area contributed by atoms with Gasteiger partial charge in [0.05, 0.1) is 11.8 Å². The van der Waals surface area contributed by atoms with E-state index in [0.29, 0.717) is 13.0 Å². The zero-order valence-electron chi connectivity index (χ0n) is 11.3. The van der Waals surface area contributed by atoms with E-state index in [2.05, 4.69) is 22.3 Å². The highest BCUT2D eigenvalue weighted by atomic mass is 16.6. The predicted octanol–water partition coefficient (Wildman–Crippen LogP) is 1.69. The second-order valence-electron chi connectivity index (χ2n) is 4.88. The summed E-state index contributed by atoms with van der Waals surface area (Å²) in [6, 6.07) is 0. The summed E-state index contributed by atoms with van der Waals surface area (Å²) < 4.78 is 6.79. The SMILES string of the molecule is Cn1cc(C#CCCNC(=O)OC(C)(C)C)cn1. The number of amides is 1. The number of alkyl carbamates (subject to hydrolysis) is 1. The molecule has 0 saturated heterocycles. The third-order valence-corrected chi connectivity index (χ3v) is 1.86. The van der Waals surface area contributed by atoms with Crippen LogP contribution in [-0.2, 0) is 11.8 Å². The van der Waals surface area contributed by atoms with E-state index in [-0.39, 0.29) is 0 Å². The first-order valence-corrected chi connectivity index (χ1v) is 5.81. The topological polar surface area (TPSA) is 56.2 Å². The summed E-state index contributed by atoms with van der Waals surface area (Å²) in [6.45, 7) is 5.96. The minimum Gasteiger partial charge on any atom is -0.444 e. The molecule has 0 aliphatic heterocycles. The van der Waals surface area contributed by atoms with Gasteiger partial charge in [-0.1, -0.05) is 11.8 Å². The van der Waals surface area contributed by atoms with Gasteiger partial charge in [-0.05, 0) is 20.8 Å². The largest absolute Gasteiger partial charge is 0.444 e. The molecule has 0 bridgehead atoms. The minimum atomic E-state index is -0.467. The lowest BCUT2D eigenvalue weighted by molar-refractivity contribution is 0.0529. The molecule has 1 rings (SSSR count). The van der Waals surface area contributed by atoms with Crippen LogP contribution in [0.15, 0.2) is 12.4 Å². The molecular formula is C13H19N3O2. The standard InChI is InChI=1S/C13H19N3O2/c1-13(2,3)18-12(17)14-8-6-5-7-11-9-15-16(4)10-11/h9-10H,6,8H2,1-4H3,(H,14,17). The number of nitrogens with zero attached hydrogens (tertiary/aromatic N) is 2. The normalized spacial score (nSPS) is 10.4. The highest BCUT2D eigenvalue weighted by molar-refractivity contribution is 5.67. The molecule has 1 aromatic heterocycles. The molecule has 1 aromatic rings. The van der Waals surface area contributed by atoms with Crippen molar-refractivity contribution in [2.24, 2.45) is 7.05 Å². The van der Waals surface area contributed by atoms with E-state index in [1.54, 1.807) is 10.9 Å². The van der Waals surface area contributed by atoms with Gasteiger partial charge < -0.3 is 10.1 Å². The van der Waals surface area contributed by atoms with Crippen molar-refractivity contribution in [3.63, 3.8) is 0 Å². The van der Waals surface area contributed by atoms with E-state index < -0.39 is 11.7 Å². The lowest BCUT2D eigenvalue weighted by Crippen LogP contribution is -2.32. The molecule has 0 saturated carbocycles. The van der Waals surface area contributed by atoms with Crippen LogP contribution in [0.5, 0.6) is 0 Å². The van der Waals surface area contributed by atoms with Crippen molar-refractivity contribution in [3.05, 3.63) is 18.0 Å². The molecule has 1 amide bonds. The van der Waals surface area contributed by atoms with Crippen molar-refractivity contribution < 1.29 is 9.53 Å². The fourth-order valence-electron chi connectivity index (χ4n) is 1.19. The van der Waals surface area contributed by atoms with Crippen molar-refractivity contribution in [3.8, 4) is 11.8 Å². The number of aromatic nitrogens is 2. The maximum atomic E-state index is 11.3.